The molecule has 2 bridgehead atoms. The van der Waals surface area contributed by atoms with Crippen molar-refractivity contribution in [3.05, 3.63) is 71.4 Å². The SMILES string of the molecule is Cn1nc(-c2ccccc2)cc1[C@H]1CN2CC[C@H]1C[C@@H]2CNC(=S)Nc1ccc(Cl)cc1. The Morgan fingerprint density at radius 1 is 1.16 bits per heavy atom. The first-order valence-corrected chi connectivity index (χ1v) is 12.0. The number of rotatable bonds is 5. The van der Waals surface area contributed by atoms with Gasteiger partial charge in [0, 0.05) is 54.1 Å². The maximum Gasteiger partial charge on any atom is 0.170 e. The van der Waals surface area contributed by atoms with Crippen molar-refractivity contribution >= 4 is 34.6 Å². The summed E-state index contributed by atoms with van der Waals surface area (Å²) in [6.07, 6.45) is 2.44. The highest BCUT2D eigenvalue weighted by Gasteiger charge is 2.41. The molecule has 166 valence electrons. The Bertz CT molecular complexity index is 1080. The standard InChI is InChI=1S/C25H28ClN5S/c1-30-24(14-23(29-30)17-5-3-2-4-6-17)22-16-31-12-11-18(22)13-21(31)15-27-25(32)28-20-9-7-19(26)8-10-20/h2-10,14,18,21-22H,11-13,15-16H2,1H3,(H2,27,28,32)/t18-,21+,22-/m0/s1. The van der Waals surface area contributed by atoms with Crippen LogP contribution in [-0.4, -0.2) is 45.5 Å². The van der Waals surface area contributed by atoms with Crippen molar-refractivity contribution in [3.8, 4) is 11.3 Å². The Balaban J connectivity index is 1.20. The molecule has 3 fully saturated rings. The normalized spacial score (nSPS) is 24.3. The van der Waals surface area contributed by atoms with Gasteiger partial charge in [0.2, 0.25) is 0 Å². The molecule has 7 heteroatoms. The van der Waals surface area contributed by atoms with Gasteiger partial charge in [-0.3, -0.25) is 9.58 Å². The zero-order valence-corrected chi connectivity index (χ0v) is 19.7. The number of thiocarbonyl (C=S) groups is 1. The third kappa shape index (κ3) is 4.53. The van der Waals surface area contributed by atoms with E-state index in [-0.39, 0.29) is 0 Å². The topological polar surface area (TPSA) is 45.1 Å². The fourth-order valence-corrected chi connectivity index (χ4v) is 5.51. The van der Waals surface area contributed by atoms with Gasteiger partial charge in [-0.25, -0.2) is 0 Å². The van der Waals surface area contributed by atoms with E-state index in [9.17, 15) is 0 Å². The number of piperidine rings is 3. The molecular weight excluding hydrogens is 438 g/mol. The van der Waals surface area contributed by atoms with E-state index >= 15 is 0 Å². The molecule has 32 heavy (non-hydrogen) atoms. The molecule has 0 spiro atoms. The van der Waals surface area contributed by atoms with Gasteiger partial charge in [-0.05, 0) is 67.9 Å². The lowest BCUT2D eigenvalue weighted by atomic mass is 9.74. The molecule has 3 saturated heterocycles. The number of benzene rings is 2. The highest BCUT2D eigenvalue weighted by atomic mass is 35.5. The fraction of sp³-hybridized carbons (Fsp3) is 0.360. The van der Waals surface area contributed by atoms with Gasteiger partial charge < -0.3 is 10.6 Å². The number of nitrogens with one attached hydrogen (secondary N) is 2. The number of fused-ring (bicyclic) bond motifs is 3. The van der Waals surface area contributed by atoms with Crippen LogP contribution in [0.15, 0.2) is 60.7 Å². The van der Waals surface area contributed by atoms with Gasteiger partial charge in [0.25, 0.3) is 0 Å². The van der Waals surface area contributed by atoms with Gasteiger partial charge >= 0.3 is 0 Å². The molecule has 1 unspecified atom stereocenters. The molecule has 3 aromatic rings. The van der Waals surface area contributed by atoms with Gasteiger partial charge in [-0.15, -0.1) is 0 Å². The number of aromatic nitrogens is 2. The second-order valence-corrected chi connectivity index (χ2v) is 9.67. The summed E-state index contributed by atoms with van der Waals surface area (Å²) in [5.41, 5.74) is 4.54. The number of hydrogen-bond acceptors (Lipinski definition) is 3. The summed E-state index contributed by atoms with van der Waals surface area (Å²) < 4.78 is 2.09. The van der Waals surface area contributed by atoms with Gasteiger partial charge in [0.1, 0.15) is 0 Å². The number of halogens is 1. The first kappa shape index (κ1) is 21.4. The fourth-order valence-electron chi connectivity index (χ4n) is 5.18. The van der Waals surface area contributed by atoms with Crippen LogP contribution in [0.5, 0.6) is 0 Å². The smallest absolute Gasteiger partial charge is 0.170 e. The molecule has 1 aromatic heterocycles. The molecule has 0 aliphatic carbocycles. The molecule has 3 aliphatic rings. The highest BCUT2D eigenvalue weighted by molar-refractivity contribution is 7.80. The van der Waals surface area contributed by atoms with E-state index in [4.69, 9.17) is 28.9 Å². The number of hydrogen-bond donors (Lipinski definition) is 2. The first-order valence-electron chi connectivity index (χ1n) is 11.2. The van der Waals surface area contributed by atoms with Crippen LogP contribution < -0.4 is 10.6 Å². The molecule has 4 heterocycles. The minimum Gasteiger partial charge on any atom is -0.361 e. The summed E-state index contributed by atoms with van der Waals surface area (Å²) in [6.45, 7) is 3.11. The lowest BCUT2D eigenvalue weighted by Crippen LogP contribution is -2.56. The van der Waals surface area contributed by atoms with E-state index in [1.54, 1.807) is 0 Å². The Morgan fingerprint density at radius 2 is 1.94 bits per heavy atom. The van der Waals surface area contributed by atoms with Gasteiger partial charge in [0.05, 0.1) is 5.69 Å². The van der Waals surface area contributed by atoms with Crippen LogP contribution in [0.25, 0.3) is 11.3 Å². The Labute approximate surface area is 199 Å². The largest absolute Gasteiger partial charge is 0.361 e. The van der Waals surface area contributed by atoms with Crippen LogP contribution in [0.1, 0.15) is 24.5 Å². The molecule has 0 radical (unpaired) electrons. The molecular formula is C25H28ClN5S. The monoisotopic (exact) mass is 465 g/mol. The third-order valence-corrected chi connectivity index (χ3v) is 7.34. The maximum atomic E-state index is 5.96. The summed E-state index contributed by atoms with van der Waals surface area (Å²) in [5.74, 6) is 1.22. The Kier molecular flexibility index (Phi) is 6.17. The summed E-state index contributed by atoms with van der Waals surface area (Å²) in [6, 6.07) is 20.8. The molecule has 0 saturated carbocycles. The third-order valence-electron chi connectivity index (χ3n) is 6.84. The number of anilines is 1. The molecule has 0 amide bonds. The van der Waals surface area contributed by atoms with E-state index in [2.05, 4.69) is 57.6 Å². The van der Waals surface area contributed by atoms with Crippen molar-refractivity contribution in [2.24, 2.45) is 13.0 Å². The minimum atomic E-state index is 0.511. The van der Waals surface area contributed by atoms with E-state index < -0.39 is 0 Å². The van der Waals surface area contributed by atoms with Gasteiger partial charge in [-0.1, -0.05) is 41.9 Å². The zero-order valence-electron chi connectivity index (χ0n) is 18.2. The van der Waals surface area contributed by atoms with Crippen molar-refractivity contribution in [1.29, 1.82) is 0 Å². The average molecular weight is 466 g/mol. The first-order chi connectivity index (χ1) is 15.6. The summed E-state index contributed by atoms with van der Waals surface area (Å²) in [7, 11) is 2.08. The van der Waals surface area contributed by atoms with Crippen LogP contribution in [0.4, 0.5) is 5.69 Å². The molecule has 2 aromatic carbocycles. The van der Waals surface area contributed by atoms with E-state index in [0.717, 1.165) is 36.0 Å². The minimum absolute atomic E-state index is 0.511. The van der Waals surface area contributed by atoms with E-state index in [0.29, 0.717) is 23.0 Å². The Morgan fingerprint density at radius 3 is 2.66 bits per heavy atom. The lowest BCUT2D eigenvalue weighted by molar-refractivity contribution is 0.0303. The maximum absolute atomic E-state index is 5.96. The quantitative estimate of drug-likeness (QED) is 0.524. The van der Waals surface area contributed by atoms with Crippen molar-refractivity contribution in [2.45, 2.75) is 24.8 Å². The van der Waals surface area contributed by atoms with Gasteiger partial charge in [0.15, 0.2) is 5.11 Å². The summed E-state index contributed by atoms with van der Waals surface area (Å²) in [5, 5.41) is 12.9. The molecule has 3 aliphatic heterocycles. The second-order valence-electron chi connectivity index (χ2n) is 8.83. The summed E-state index contributed by atoms with van der Waals surface area (Å²) in [4.78, 5) is 2.62. The highest BCUT2D eigenvalue weighted by Crippen LogP contribution is 2.42. The van der Waals surface area contributed by atoms with Crippen LogP contribution >= 0.6 is 23.8 Å². The van der Waals surface area contributed by atoms with Crippen molar-refractivity contribution in [2.75, 3.05) is 25.0 Å². The predicted molar refractivity (Wildman–Crippen MR) is 135 cm³/mol. The molecule has 4 atom stereocenters. The van der Waals surface area contributed by atoms with Gasteiger partial charge in [-0.2, -0.15) is 5.10 Å². The van der Waals surface area contributed by atoms with Crippen molar-refractivity contribution < 1.29 is 0 Å². The Hall–Kier alpha value is -2.41. The van der Waals surface area contributed by atoms with Crippen molar-refractivity contribution in [1.82, 2.24) is 20.0 Å². The molecule has 2 N–H and O–H groups in total. The van der Waals surface area contributed by atoms with E-state index in [1.165, 1.54) is 24.1 Å². The number of nitrogens with zero attached hydrogens (tertiary/aromatic N) is 3. The van der Waals surface area contributed by atoms with Crippen LogP contribution in [0, 0.1) is 5.92 Å². The van der Waals surface area contributed by atoms with Crippen molar-refractivity contribution in [3.63, 3.8) is 0 Å². The number of aryl methyl sites for hydroxylation is 1. The second kappa shape index (κ2) is 9.22. The molecule has 6 rings (SSSR count). The molecule has 5 nitrogen and oxygen atoms in total. The van der Waals surface area contributed by atoms with Crippen LogP contribution in [0.2, 0.25) is 5.02 Å². The average Bonchev–Trinajstić information content (AvgIpc) is 3.21. The lowest BCUT2D eigenvalue weighted by Gasteiger charge is -2.50. The van der Waals surface area contributed by atoms with Crippen LogP contribution in [-0.2, 0) is 7.05 Å². The summed E-state index contributed by atoms with van der Waals surface area (Å²) >= 11 is 11.5. The van der Waals surface area contributed by atoms with E-state index in [1.807, 2.05) is 30.3 Å². The predicted octanol–water partition coefficient (Wildman–Crippen LogP) is 4.90. The zero-order chi connectivity index (χ0) is 22.1. The van der Waals surface area contributed by atoms with Crippen LogP contribution in [0.3, 0.4) is 0 Å².